The summed E-state index contributed by atoms with van der Waals surface area (Å²) in [6.07, 6.45) is 1.20. The average molecular weight is 391 g/mol. The molecule has 1 heterocycles. The number of nitrogens with zero attached hydrogens (tertiary/aromatic N) is 3. The molecular weight excluding hydrogens is 362 g/mol. The van der Waals surface area contributed by atoms with Gasteiger partial charge in [0.05, 0.1) is 51.2 Å². The van der Waals surface area contributed by atoms with Gasteiger partial charge >= 0.3 is 5.97 Å². The zero-order chi connectivity index (χ0) is 20.7. The number of carbonyl (C=O) groups excluding carboxylic acids is 1. The molecule has 0 unspecified atom stereocenters. The SMILES string of the molecule is COCCn1cc(CO[C@H](c2ccc(C)c(CO)c2)C(C)(C)C(=O)OC)nn1. The fraction of sp³-hybridized carbons (Fsp3) is 0.550. The van der Waals surface area contributed by atoms with Crippen LogP contribution in [0.3, 0.4) is 0 Å². The summed E-state index contributed by atoms with van der Waals surface area (Å²) in [5, 5.41) is 17.7. The highest BCUT2D eigenvalue weighted by Gasteiger charge is 2.40. The van der Waals surface area contributed by atoms with E-state index in [-0.39, 0.29) is 19.2 Å². The first-order chi connectivity index (χ1) is 13.3. The molecule has 0 aliphatic carbocycles. The normalized spacial score (nSPS) is 12.8. The third-order valence-corrected chi connectivity index (χ3v) is 4.72. The maximum Gasteiger partial charge on any atom is 0.314 e. The van der Waals surface area contributed by atoms with Crippen LogP contribution in [0.1, 0.15) is 42.3 Å². The second kappa shape index (κ2) is 9.77. The van der Waals surface area contributed by atoms with Crippen molar-refractivity contribution in [3.8, 4) is 0 Å². The van der Waals surface area contributed by atoms with Crippen LogP contribution in [0.5, 0.6) is 0 Å². The molecule has 0 fully saturated rings. The smallest absolute Gasteiger partial charge is 0.314 e. The van der Waals surface area contributed by atoms with Gasteiger partial charge in [-0.3, -0.25) is 4.79 Å². The maximum absolute atomic E-state index is 12.4. The number of aryl methyl sites for hydroxylation is 1. The van der Waals surface area contributed by atoms with Gasteiger partial charge in [-0.2, -0.15) is 0 Å². The summed E-state index contributed by atoms with van der Waals surface area (Å²) < 4.78 is 17.8. The Morgan fingerprint density at radius 2 is 2.07 bits per heavy atom. The second-order valence-electron chi connectivity index (χ2n) is 7.21. The van der Waals surface area contributed by atoms with Gasteiger partial charge in [0.2, 0.25) is 0 Å². The molecular formula is C20H29N3O5. The van der Waals surface area contributed by atoms with Gasteiger partial charge in [0, 0.05) is 7.11 Å². The monoisotopic (exact) mass is 391 g/mol. The molecule has 1 N–H and O–H groups in total. The van der Waals surface area contributed by atoms with Crippen LogP contribution in [0.4, 0.5) is 0 Å². The first-order valence-electron chi connectivity index (χ1n) is 9.11. The van der Waals surface area contributed by atoms with Gasteiger partial charge in [-0.25, -0.2) is 4.68 Å². The van der Waals surface area contributed by atoms with Gasteiger partial charge in [-0.15, -0.1) is 5.10 Å². The van der Waals surface area contributed by atoms with E-state index in [4.69, 9.17) is 14.2 Å². The van der Waals surface area contributed by atoms with Crippen molar-refractivity contribution >= 4 is 5.97 Å². The zero-order valence-corrected chi connectivity index (χ0v) is 17.1. The van der Waals surface area contributed by atoms with Crippen LogP contribution in [-0.2, 0) is 38.8 Å². The number of benzene rings is 1. The molecule has 8 heteroatoms. The van der Waals surface area contributed by atoms with Gasteiger partial charge in [-0.05, 0) is 37.5 Å². The van der Waals surface area contributed by atoms with E-state index >= 15 is 0 Å². The van der Waals surface area contributed by atoms with Gasteiger partial charge in [0.1, 0.15) is 5.69 Å². The molecule has 28 heavy (non-hydrogen) atoms. The minimum absolute atomic E-state index is 0.0845. The van der Waals surface area contributed by atoms with Crippen molar-refractivity contribution in [2.75, 3.05) is 20.8 Å². The van der Waals surface area contributed by atoms with Crippen molar-refractivity contribution in [1.29, 1.82) is 0 Å². The Hall–Kier alpha value is -2.29. The highest BCUT2D eigenvalue weighted by molar-refractivity contribution is 5.77. The summed E-state index contributed by atoms with van der Waals surface area (Å²) in [5.41, 5.74) is 2.26. The molecule has 1 aromatic carbocycles. The molecule has 0 saturated carbocycles. The van der Waals surface area contributed by atoms with E-state index in [0.717, 1.165) is 16.7 Å². The van der Waals surface area contributed by atoms with Crippen molar-refractivity contribution in [1.82, 2.24) is 15.0 Å². The molecule has 8 nitrogen and oxygen atoms in total. The highest BCUT2D eigenvalue weighted by atomic mass is 16.5. The molecule has 154 valence electrons. The van der Waals surface area contributed by atoms with E-state index in [9.17, 15) is 9.90 Å². The van der Waals surface area contributed by atoms with Crippen LogP contribution in [0, 0.1) is 12.3 Å². The number of hydrogen-bond donors (Lipinski definition) is 1. The van der Waals surface area contributed by atoms with Crippen LogP contribution in [0.2, 0.25) is 0 Å². The number of ether oxygens (including phenoxy) is 3. The Balaban J connectivity index is 2.26. The van der Waals surface area contributed by atoms with E-state index in [0.29, 0.717) is 18.8 Å². The lowest BCUT2D eigenvalue weighted by Crippen LogP contribution is -2.34. The van der Waals surface area contributed by atoms with Crippen LogP contribution in [0.15, 0.2) is 24.4 Å². The molecule has 0 bridgehead atoms. The topological polar surface area (TPSA) is 95.7 Å². The van der Waals surface area contributed by atoms with Crippen molar-refractivity contribution in [3.05, 3.63) is 46.8 Å². The van der Waals surface area contributed by atoms with Crippen LogP contribution >= 0.6 is 0 Å². The standard InChI is InChI=1S/C20H29N3O5/c1-14-6-7-15(10-16(14)12-24)18(20(2,3)19(25)27-5)28-13-17-11-23(22-21-17)8-9-26-4/h6-7,10-11,18,24H,8-9,12-13H2,1-5H3/t18-/m1/s1. The van der Waals surface area contributed by atoms with E-state index in [2.05, 4.69) is 10.3 Å². The molecule has 1 atom stereocenters. The summed E-state index contributed by atoms with van der Waals surface area (Å²) in [7, 11) is 2.99. The van der Waals surface area contributed by atoms with Gasteiger partial charge < -0.3 is 19.3 Å². The van der Waals surface area contributed by atoms with Gasteiger partial charge in [0.15, 0.2) is 0 Å². The van der Waals surface area contributed by atoms with Crippen molar-refractivity contribution in [2.24, 2.45) is 5.41 Å². The molecule has 0 aliphatic heterocycles. The number of methoxy groups -OCH3 is 2. The van der Waals surface area contributed by atoms with E-state index < -0.39 is 11.5 Å². The first kappa shape index (κ1) is 22.0. The summed E-state index contributed by atoms with van der Waals surface area (Å²) in [6.45, 7) is 6.70. The number of hydrogen-bond acceptors (Lipinski definition) is 7. The Labute approximate surface area is 165 Å². The molecule has 0 spiro atoms. The minimum Gasteiger partial charge on any atom is -0.469 e. The highest BCUT2D eigenvalue weighted by Crippen LogP contribution is 2.39. The molecule has 0 saturated heterocycles. The molecule has 2 aromatic rings. The van der Waals surface area contributed by atoms with Gasteiger partial charge in [-0.1, -0.05) is 23.4 Å². The Morgan fingerprint density at radius 3 is 2.71 bits per heavy atom. The van der Waals surface area contributed by atoms with Crippen LogP contribution in [0.25, 0.3) is 0 Å². The Morgan fingerprint density at radius 1 is 1.32 bits per heavy atom. The van der Waals surface area contributed by atoms with Crippen molar-refractivity contribution in [2.45, 2.75) is 46.6 Å². The van der Waals surface area contributed by atoms with Crippen molar-refractivity contribution in [3.63, 3.8) is 0 Å². The summed E-state index contributed by atoms with van der Waals surface area (Å²) in [6, 6.07) is 5.67. The van der Waals surface area contributed by atoms with E-state index in [1.165, 1.54) is 7.11 Å². The molecule has 0 amide bonds. The Bertz CT molecular complexity index is 788. The fourth-order valence-corrected chi connectivity index (χ4v) is 2.98. The lowest BCUT2D eigenvalue weighted by atomic mass is 9.81. The maximum atomic E-state index is 12.4. The Kier molecular flexibility index (Phi) is 7.68. The predicted molar refractivity (Wildman–Crippen MR) is 102 cm³/mol. The minimum atomic E-state index is -0.942. The van der Waals surface area contributed by atoms with Crippen molar-refractivity contribution < 1.29 is 24.1 Å². The van der Waals surface area contributed by atoms with E-state index in [1.807, 2.05) is 25.1 Å². The fourth-order valence-electron chi connectivity index (χ4n) is 2.98. The van der Waals surface area contributed by atoms with E-state index in [1.54, 1.807) is 31.8 Å². The molecule has 0 radical (unpaired) electrons. The lowest BCUT2D eigenvalue weighted by Gasteiger charge is -2.32. The quantitative estimate of drug-likeness (QED) is 0.620. The molecule has 0 aliphatic rings. The number of aliphatic hydroxyl groups excluding tert-OH is 1. The first-order valence-corrected chi connectivity index (χ1v) is 9.11. The molecule has 2 rings (SSSR count). The number of aliphatic hydroxyl groups is 1. The summed E-state index contributed by atoms with van der Waals surface area (Å²) in [4.78, 5) is 12.4. The average Bonchev–Trinajstić information content (AvgIpc) is 3.14. The summed E-state index contributed by atoms with van der Waals surface area (Å²) in [5.74, 6) is -0.382. The second-order valence-corrected chi connectivity index (χ2v) is 7.21. The number of esters is 1. The van der Waals surface area contributed by atoms with Crippen LogP contribution in [-0.4, -0.2) is 46.9 Å². The number of aromatic nitrogens is 3. The van der Waals surface area contributed by atoms with Crippen LogP contribution < -0.4 is 0 Å². The largest absolute Gasteiger partial charge is 0.469 e. The predicted octanol–water partition coefficient (Wildman–Crippen LogP) is 2.18. The third-order valence-electron chi connectivity index (χ3n) is 4.72. The lowest BCUT2D eigenvalue weighted by molar-refractivity contribution is -0.162. The number of carbonyl (C=O) groups is 1. The summed E-state index contributed by atoms with van der Waals surface area (Å²) >= 11 is 0. The number of rotatable bonds is 10. The van der Waals surface area contributed by atoms with Gasteiger partial charge in [0.25, 0.3) is 0 Å². The zero-order valence-electron chi connectivity index (χ0n) is 17.1. The third kappa shape index (κ3) is 5.15. The molecule has 1 aromatic heterocycles.